The topological polar surface area (TPSA) is 61.8 Å². The van der Waals surface area contributed by atoms with Crippen LogP contribution in [-0.4, -0.2) is 50.3 Å². The third kappa shape index (κ3) is 6.43. The molecule has 0 unspecified atom stereocenters. The van der Waals surface area contributed by atoms with E-state index in [0.29, 0.717) is 13.2 Å². The Balaban J connectivity index is 1.40. The smallest absolute Gasteiger partial charge is 0.191 e. The maximum Gasteiger partial charge on any atom is 0.191 e. The molecule has 1 aliphatic heterocycles. The van der Waals surface area contributed by atoms with Crippen molar-refractivity contribution >= 4 is 22.4 Å². The Morgan fingerprint density at radius 1 is 1.22 bits per heavy atom. The first-order chi connectivity index (χ1) is 13.3. The van der Waals surface area contributed by atoms with E-state index in [1.165, 1.54) is 12.8 Å². The van der Waals surface area contributed by atoms with Crippen LogP contribution in [0.15, 0.2) is 40.7 Å². The number of hydrogen-bond acceptors (Lipinski definition) is 5. The van der Waals surface area contributed by atoms with Crippen molar-refractivity contribution in [3.8, 4) is 5.75 Å². The van der Waals surface area contributed by atoms with Crippen molar-refractivity contribution in [2.45, 2.75) is 26.2 Å². The van der Waals surface area contributed by atoms with Crippen LogP contribution in [0.5, 0.6) is 5.75 Å². The van der Waals surface area contributed by atoms with Crippen molar-refractivity contribution in [2.24, 2.45) is 4.99 Å². The molecule has 0 bridgehead atoms. The molecule has 146 valence electrons. The lowest BCUT2D eigenvalue weighted by atomic mass is 10.3. The zero-order valence-corrected chi connectivity index (χ0v) is 16.8. The van der Waals surface area contributed by atoms with Crippen molar-refractivity contribution in [3.05, 3.63) is 41.4 Å². The van der Waals surface area contributed by atoms with E-state index in [-0.39, 0.29) is 0 Å². The standard InChI is InChI=1S/C20H29N5OS/c1-2-21-19(23-12-15-26-18-8-4-3-5-9-18)22-11-10-17-16-27-20(24-17)25-13-6-7-14-25/h3-5,8-9,16H,2,6-7,10-15H2,1H3,(H2,21,22,23). The van der Waals surface area contributed by atoms with Crippen LogP contribution in [0.1, 0.15) is 25.5 Å². The summed E-state index contributed by atoms with van der Waals surface area (Å²) in [6.45, 7) is 7.21. The maximum atomic E-state index is 5.70. The Bertz CT molecular complexity index is 697. The lowest BCUT2D eigenvalue weighted by Gasteiger charge is -2.12. The molecule has 6 nitrogen and oxygen atoms in total. The number of aliphatic imine (C=N–C) groups is 1. The first-order valence-corrected chi connectivity index (χ1v) is 10.6. The third-order valence-electron chi connectivity index (χ3n) is 4.30. The van der Waals surface area contributed by atoms with Gasteiger partial charge < -0.3 is 20.3 Å². The molecule has 0 radical (unpaired) electrons. The summed E-state index contributed by atoms with van der Waals surface area (Å²) in [5.74, 6) is 1.71. The number of para-hydroxylation sites is 1. The highest BCUT2D eigenvalue weighted by Gasteiger charge is 2.15. The number of thiazole rings is 1. The summed E-state index contributed by atoms with van der Waals surface area (Å²) in [5.41, 5.74) is 1.13. The normalized spacial score (nSPS) is 14.4. The van der Waals surface area contributed by atoms with Crippen LogP contribution < -0.4 is 20.3 Å². The van der Waals surface area contributed by atoms with Crippen LogP contribution in [-0.2, 0) is 6.42 Å². The number of anilines is 1. The Labute approximate surface area is 165 Å². The van der Waals surface area contributed by atoms with Gasteiger partial charge in [-0.05, 0) is 31.9 Å². The SMILES string of the molecule is CCNC(=NCCc1csc(N2CCCC2)n1)NCCOc1ccccc1. The second-order valence-electron chi connectivity index (χ2n) is 6.41. The minimum Gasteiger partial charge on any atom is -0.492 e. The molecule has 1 saturated heterocycles. The minimum atomic E-state index is 0.597. The largest absolute Gasteiger partial charge is 0.492 e. The molecule has 1 aliphatic rings. The van der Waals surface area contributed by atoms with Crippen molar-refractivity contribution < 1.29 is 4.74 Å². The number of rotatable bonds is 9. The number of nitrogens with one attached hydrogen (secondary N) is 2. The summed E-state index contributed by atoms with van der Waals surface area (Å²) in [5, 5.41) is 9.92. The second kappa shape index (κ2) is 10.8. The fourth-order valence-electron chi connectivity index (χ4n) is 2.94. The van der Waals surface area contributed by atoms with Gasteiger partial charge in [-0.15, -0.1) is 11.3 Å². The van der Waals surface area contributed by atoms with Gasteiger partial charge in [-0.1, -0.05) is 18.2 Å². The number of nitrogens with zero attached hydrogens (tertiary/aromatic N) is 3. The molecule has 0 spiro atoms. The van der Waals surface area contributed by atoms with E-state index in [9.17, 15) is 0 Å². The zero-order chi connectivity index (χ0) is 18.7. The van der Waals surface area contributed by atoms with Gasteiger partial charge in [0, 0.05) is 38.0 Å². The number of ether oxygens (including phenoxy) is 1. The fourth-order valence-corrected chi connectivity index (χ4v) is 3.86. The van der Waals surface area contributed by atoms with Gasteiger partial charge in [-0.25, -0.2) is 4.98 Å². The van der Waals surface area contributed by atoms with Gasteiger partial charge in [0.15, 0.2) is 11.1 Å². The van der Waals surface area contributed by atoms with E-state index < -0.39 is 0 Å². The van der Waals surface area contributed by atoms with Crippen LogP contribution in [0.4, 0.5) is 5.13 Å². The molecule has 2 heterocycles. The van der Waals surface area contributed by atoms with Crippen molar-refractivity contribution in [1.29, 1.82) is 0 Å². The summed E-state index contributed by atoms with van der Waals surface area (Å²) in [4.78, 5) is 11.8. The van der Waals surface area contributed by atoms with Gasteiger partial charge in [0.1, 0.15) is 12.4 Å². The summed E-state index contributed by atoms with van der Waals surface area (Å²) in [6, 6.07) is 9.86. The van der Waals surface area contributed by atoms with Crippen LogP contribution in [0.2, 0.25) is 0 Å². The van der Waals surface area contributed by atoms with E-state index in [1.54, 1.807) is 11.3 Å². The predicted molar refractivity (Wildman–Crippen MR) is 113 cm³/mol. The van der Waals surface area contributed by atoms with Gasteiger partial charge in [-0.2, -0.15) is 0 Å². The Kier molecular flexibility index (Phi) is 7.77. The molecule has 1 aromatic heterocycles. The maximum absolute atomic E-state index is 5.70. The molecule has 3 rings (SSSR count). The van der Waals surface area contributed by atoms with Crippen LogP contribution >= 0.6 is 11.3 Å². The average molecular weight is 388 g/mol. The fraction of sp³-hybridized carbons (Fsp3) is 0.500. The van der Waals surface area contributed by atoms with Gasteiger partial charge >= 0.3 is 0 Å². The molecular weight excluding hydrogens is 358 g/mol. The quantitative estimate of drug-likeness (QED) is 0.394. The van der Waals surface area contributed by atoms with Crippen molar-refractivity contribution in [1.82, 2.24) is 15.6 Å². The lowest BCUT2D eigenvalue weighted by molar-refractivity contribution is 0.322. The summed E-state index contributed by atoms with van der Waals surface area (Å²) >= 11 is 1.75. The van der Waals surface area contributed by atoms with Gasteiger partial charge in [0.05, 0.1) is 12.2 Å². The molecule has 0 atom stereocenters. The van der Waals surface area contributed by atoms with Crippen LogP contribution in [0, 0.1) is 0 Å². The molecule has 0 aliphatic carbocycles. The molecule has 1 fully saturated rings. The molecule has 7 heteroatoms. The van der Waals surface area contributed by atoms with E-state index in [4.69, 9.17) is 9.72 Å². The highest BCUT2D eigenvalue weighted by atomic mass is 32.1. The molecule has 2 N–H and O–H groups in total. The van der Waals surface area contributed by atoms with Gasteiger partial charge in [0.2, 0.25) is 0 Å². The Morgan fingerprint density at radius 2 is 2.04 bits per heavy atom. The molecular formula is C20H29N5OS. The van der Waals surface area contributed by atoms with E-state index in [0.717, 1.165) is 55.1 Å². The number of aromatic nitrogens is 1. The first kappa shape index (κ1) is 19.5. The van der Waals surface area contributed by atoms with Gasteiger partial charge in [-0.3, -0.25) is 4.99 Å². The van der Waals surface area contributed by atoms with E-state index in [1.807, 2.05) is 30.3 Å². The van der Waals surface area contributed by atoms with Crippen molar-refractivity contribution in [2.75, 3.05) is 44.2 Å². The summed E-state index contributed by atoms with van der Waals surface area (Å²) < 4.78 is 5.70. The predicted octanol–water partition coefficient (Wildman–Crippen LogP) is 2.92. The molecule has 0 amide bonds. The van der Waals surface area contributed by atoms with E-state index >= 15 is 0 Å². The highest BCUT2D eigenvalue weighted by molar-refractivity contribution is 7.13. The first-order valence-electron chi connectivity index (χ1n) is 9.74. The molecule has 2 aromatic rings. The van der Waals surface area contributed by atoms with Crippen LogP contribution in [0.3, 0.4) is 0 Å². The molecule has 27 heavy (non-hydrogen) atoms. The average Bonchev–Trinajstić information content (AvgIpc) is 3.38. The highest BCUT2D eigenvalue weighted by Crippen LogP contribution is 2.24. The summed E-state index contributed by atoms with van der Waals surface area (Å²) in [6.07, 6.45) is 3.43. The molecule has 1 aromatic carbocycles. The van der Waals surface area contributed by atoms with Crippen molar-refractivity contribution in [3.63, 3.8) is 0 Å². The number of benzene rings is 1. The molecule has 0 saturated carbocycles. The minimum absolute atomic E-state index is 0.597. The van der Waals surface area contributed by atoms with Crippen LogP contribution in [0.25, 0.3) is 0 Å². The third-order valence-corrected chi connectivity index (χ3v) is 5.25. The Morgan fingerprint density at radius 3 is 2.81 bits per heavy atom. The monoisotopic (exact) mass is 387 g/mol. The lowest BCUT2D eigenvalue weighted by Crippen LogP contribution is -2.39. The van der Waals surface area contributed by atoms with E-state index in [2.05, 4.69) is 32.8 Å². The number of guanidine groups is 1. The Hall–Kier alpha value is -2.28. The zero-order valence-electron chi connectivity index (χ0n) is 16.0. The second-order valence-corrected chi connectivity index (χ2v) is 7.25. The van der Waals surface area contributed by atoms with Gasteiger partial charge in [0.25, 0.3) is 0 Å². The summed E-state index contributed by atoms with van der Waals surface area (Å²) in [7, 11) is 0. The number of hydrogen-bond donors (Lipinski definition) is 2.